The van der Waals surface area contributed by atoms with Gasteiger partial charge in [-0.15, -0.1) is 0 Å². The largest absolute Gasteiger partial charge is 0.344 e. The van der Waals surface area contributed by atoms with E-state index in [1.54, 1.807) is 0 Å². The van der Waals surface area contributed by atoms with Gasteiger partial charge in [0.2, 0.25) is 5.69 Å². The molecule has 0 amide bonds. The van der Waals surface area contributed by atoms with Gasteiger partial charge in [0.1, 0.15) is 7.05 Å². The van der Waals surface area contributed by atoms with E-state index in [0.717, 1.165) is 50.8 Å². The molecule has 8 aromatic rings. The molecule has 3 aliphatic heterocycles. The number of nitrogens with zero attached hydrogens (tertiary/aromatic N) is 3. The average molecular weight is 1040 g/mol. The van der Waals surface area contributed by atoms with Crippen molar-refractivity contribution in [3.8, 4) is 0 Å². The van der Waals surface area contributed by atoms with Gasteiger partial charge < -0.3 is 9.80 Å². The van der Waals surface area contributed by atoms with Gasteiger partial charge in [-0.3, -0.25) is 0 Å². The summed E-state index contributed by atoms with van der Waals surface area (Å²) in [6.07, 6.45) is 18.8. The summed E-state index contributed by atoms with van der Waals surface area (Å²) >= 11 is 0. The van der Waals surface area contributed by atoms with E-state index in [-0.39, 0.29) is 21.7 Å². The summed E-state index contributed by atoms with van der Waals surface area (Å²) in [5, 5.41) is 5.17. The highest BCUT2D eigenvalue weighted by Crippen LogP contribution is 2.50. The lowest BCUT2D eigenvalue weighted by Crippen LogP contribution is -2.33. The molecule has 0 N–H and O–H groups in total. The Kier molecular flexibility index (Phi) is 14.3. The first-order valence-corrected chi connectivity index (χ1v) is 29.1. The molecular weight excluding hydrogens is 955 g/mol. The number of fused-ring (bicyclic) bond motifs is 6. The fourth-order valence-electron chi connectivity index (χ4n) is 14.2. The van der Waals surface area contributed by atoms with Gasteiger partial charge in [0.25, 0.3) is 0 Å². The zero-order chi connectivity index (χ0) is 55.3. The molecule has 0 radical (unpaired) electrons. The molecule has 2 unspecified atom stereocenters. The van der Waals surface area contributed by atoms with Crippen LogP contribution < -0.4 is 9.80 Å². The van der Waals surface area contributed by atoms with Gasteiger partial charge in [0.05, 0.1) is 5.41 Å². The van der Waals surface area contributed by atoms with E-state index in [1.165, 1.54) is 106 Å². The van der Waals surface area contributed by atoms with Crippen molar-refractivity contribution in [1.82, 2.24) is 0 Å². The molecule has 8 aromatic carbocycles. The minimum Gasteiger partial charge on any atom is -0.344 e. The Hall–Kier alpha value is -7.75. The number of allylic oxidation sites excluding steroid dienone is 9. The number of benzene rings is 8. The Morgan fingerprint density at radius 3 is 1.66 bits per heavy atom. The van der Waals surface area contributed by atoms with E-state index in [9.17, 15) is 0 Å². The monoisotopic (exact) mass is 1030 g/mol. The van der Waals surface area contributed by atoms with Crippen molar-refractivity contribution < 1.29 is 4.58 Å². The van der Waals surface area contributed by atoms with Gasteiger partial charge in [0, 0.05) is 69.8 Å². The summed E-state index contributed by atoms with van der Waals surface area (Å²) < 4.78 is 2.45. The van der Waals surface area contributed by atoms with Gasteiger partial charge in [-0.05, 0) is 148 Å². The third kappa shape index (κ3) is 9.43. The summed E-state index contributed by atoms with van der Waals surface area (Å²) in [6.45, 7) is 28.1. The molecule has 0 bridgehead atoms. The second-order valence-corrected chi connectivity index (χ2v) is 24.4. The minimum absolute atomic E-state index is 0.0855. The molecule has 0 fully saturated rings. The maximum Gasteiger partial charge on any atom is 0.210 e. The van der Waals surface area contributed by atoms with Crippen LogP contribution in [0.1, 0.15) is 118 Å². The number of anilines is 2. The van der Waals surface area contributed by atoms with Crippen LogP contribution in [-0.2, 0) is 40.9 Å². The van der Waals surface area contributed by atoms with Crippen LogP contribution in [0.5, 0.6) is 0 Å². The third-order valence-electron chi connectivity index (χ3n) is 18.3. The molecule has 398 valence electrons. The molecule has 3 heteroatoms. The molecule has 0 saturated carbocycles. The lowest BCUT2D eigenvalue weighted by Gasteiger charge is -2.34. The van der Waals surface area contributed by atoms with E-state index >= 15 is 0 Å². The Morgan fingerprint density at radius 2 is 1.06 bits per heavy atom. The summed E-state index contributed by atoms with van der Waals surface area (Å²) in [6, 6.07) is 63.7. The minimum atomic E-state index is -0.369. The van der Waals surface area contributed by atoms with E-state index < -0.39 is 0 Å². The predicted molar refractivity (Wildman–Crippen MR) is 339 cm³/mol. The molecule has 2 atom stereocenters. The van der Waals surface area contributed by atoms with E-state index in [4.69, 9.17) is 6.58 Å². The van der Waals surface area contributed by atoms with Crippen molar-refractivity contribution in [3.63, 3.8) is 0 Å². The smallest absolute Gasteiger partial charge is 0.210 e. The van der Waals surface area contributed by atoms with Crippen LogP contribution in [0.15, 0.2) is 230 Å². The molecular formula is C76H80N3+. The molecule has 3 nitrogen and oxygen atoms in total. The predicted octanol–water partition coefficient (Wildman–Crippen LogP) is 18.5. The van der Waals surface area contributed by atoms with Crippen LogP contribution in [0.3, 0.4) is 0 Å². The van der Waals surface area contributed by atoms with E-state index in [1.807, 2.05) is 0 Å². The first-order chi connectivity index (χ1) is 38.1. The van der Waals surface area contributed by atoms with E-state index in [2.05, 4.69) is 290 Å². The van der Waals surface area contributed by atoms with Gasteiger partial charge in [-0.25, -0.2) is 0 Å². The van der Waals surface area contributed by atoms with Crippen molar-refractivity contribution in [1.29, 1.82) is 0 Å². The Labute approximate surface area is 472 Å². The second kappa shape index (κ2) is 21.1. The van der Waals surface area contributed by atoms with Crippen LogP contribution in [0, 0.1) is 6.92 Å². The Bertz CT molecular complexity index is 3800. The van der Waals surface area contributed by atoms with Gasteiger partial charge >= 0.3 is 0 Å². The third-order valence-corrected chi connectivity index (χ3v) is 18.3. The first-order valence-electron chi connectivity index (χ1n) is 29.1. The molecule has 0 aromatic heterocycles. The molecule has 0 spiro atoms. The van der Waals surface area contributed by atoms with Crippen LogP contribution in [0.4, 0.5) is 17.1 Å². The average Bonchev–Trinajstić information content (AvgIpc) is 3.91. The van der Waals surface area contributed by atoms with Crippen molar-refractivity contribution in [2.24, 2.45) is 0 Å². The summed E-state index contributed by atoms with van der Waals surface area (Å²) in [5.74, 6) is 0. The summed E-state index contributed by atoms with van der Waals surface area (Å²) in [5.41, 5.74) is 20.4. The normalized spacial score (nSPS) is 19.1. The fraction of sp³-hybridized carbons (Fsp3) is 0.276. The van der Waals surface area contributed by atoms with Gasteiger partial charge in [0.15, 0.2) is 5.71 Å². The van der Waals surface area contributed by atoms with Crippen LogP contribution in [-0.4, -0.2) is 30.4 Å². The van der Waals surface area contributed by atoms with Crippen molar-refractivity contribution >= 4 is 44.3 Å². The number of para-hydroxylation sites is 2. The SMILES string of the molecule is C=C(/C=C/C=C1/N(CCC)c2ccccc2C1(C)C)C(C)(Cc1ccc(Cc2ccc(CC3(C)C(/C=C/C=C4/N(CCC)c5ccccc5C4(C)C)=[N+](C)c4ccc5ccccc5c43)cc2)cc1)c1c(C)ccc2ccccc12. The standard InChI is InChI=1S/C76H80N3/c1-12-48-78-65-31-20-18-29-63(65)73(5,6)68(78)33-22-24-54(4)75(9,71-53(3)36-45-59-25-14-16-27-61(59)71)51-57-41-37-55(38-42-57)50-56-39-43-58(44-40-56)52-76(10)70(77(11)67-47-46-60-26-15-17-28-62(60)72(67)76)35-23-34-69-74(7,8)64-30-19-21-32-66(64)79(69)49-13-2/h14-47H,4,12-13,48-52H2,1-3,5-11H3/q+1/b24-22+,68-33+. The zero-order valence-electron chi connectivity index (χ0n) is 48.6. The lowest BCUT2D eigenvalue weighted by atomic mass is 9.69. The van der Waals surface area contributed by atoms with Crippen LogP contribution in [0.25, 0.3) is 21.5 Å². The molecule has 3 aliphatic rings. The second-order valence-electron chi connectivity index (χ2n) is 24.4. The molecule has 79 heavy (non-hydrogen) atoms. The lowest BCUT2D eigenvalue weighted by molar-refractivity contribution is -0.401. The molecule has 11 rings (SSSR count). The fourth-order valence-corrected chi connectivity index (χ4v) is 14.2. The van der Waals surface area contributed by atoms with E-state index in [0.29, 0.717) is 0 Å². The molecule has 0 aliphatic carbocycles. The van der Waals surface area contributed by atoms with Crippen LogP contribution >= 0.6 is 0 Å². The number of aryl methyl sites for hydroxylation is 1. The maximum absolute atomic E-state index is 4.90. The van der Waals surface area contributed by atoms with Crippen molar-refractivity contribution in [2.45, 2.75) is 116 Å². The quantitative estimate of drug-likeness (QED) is 0.0705. The molecule has 0 saturated heterocycles. The first kappa shape index (κ1) is 53.3. The number of hydrogen-bond acceptors (Lipinski definition) is 2. The van der Waals surface area contributed by atoms with Gasteiger partial charge in [-0.2, -0.15) is 4.58 Å². The Balaban J connectivity index is 0.852. The highest BCUT2D eigenvalue weighted by Gasteiger charge is 2.48. The summed E-state index contributed by atoms with van der Waals surface area (Å²) in [7, 11) is 2.26. The van der Waals surface area contributed by atoms with Crippen molar-refractivity contribution in [3.05, 3.63) is 280 Å². The van der Waals surface area contributed by atoms with Crippen molar-refractivity contribution in [2.75, 3.05) is 29.9 Å². The highest BCUT2D eigenvalue weighted by atomic mass is 15.2. The Morgan fingerprint density at radius 1 is 0.570 bits per heavy atom. The summed E-state index contributed by atoms with van der Waals surface area (Å²) in [4.78, 5) is 5.06. The maximum atomic E-state index is 4.90. The number of rotatable bonds is 16. The van der Waals surface area contributed by atoms with Crippen LogP contribution in [0.2, 0.25) is 0 Å². The highest BCUT2D eigenvalue weighted by molar-refractivity contribution is 6.08. The zero-order valence-corrected chi connectivity index (χ0v) is 48.6. The molecule has 3 heterocycles. The van der Waals surface area contributed by atoms with Gasteiger partial charge in [-0.1, -0.05) is 219 Å². The number of hydrogen-bond donors (Lipinski definition) is 0. The topological polar surface area (TPSA) is 9.49 Å².